The number of guanidine groups is 1. The average Bonchev–Trinajstić information content (AvgIpc) is 2.51. The molecule has 1 rings (SSSR count). The predicted molar refractivity (Wildman–Crippen MR) is 46.7 cm³/mol. The number of furan rings is 1. The topological polar surface area (TPSA) is 89.9 Å². The summed E-state index contributed by atoms with van der Waals surface area (Å²) in [7, 11) is 0. The van der Waals surface area contributed by atoms with Crippen molar-refractivity contribution in [1.82, 2.24) is 0 Å². The lowest BCUT2D eigenvalue weighted by Gasteiger charge is -1.90. The number of nitrogens with zero attached hydrogens (tertiary/aromatic N) is 2. The highest BCUT2D eigenvalue weighted by Gasteiger charge is 1.97. The van der Waals surface area contributed by atoms with Gasteiger partial charge in [0.25, 0.3) is 0 Å². The van der Waals surface area contributed by atoms with Crippen LogP contribution < -0.4 is 11.5 Å². The number of nitrogens with two attached hydrogens (primary N) is 2. The van der Waals surface area contributed by atoms with Crippen molar-refractivity contribution in [2.45, 2.75) is 6.92 Å². The van der Waals surface area contributed by atoms with Crippen molar-refractivity contribution >= 4 is 11.7 Å². The van der Waals surface area contributed by atoms with E-state index < -0.39 is 0 Å². The smallest absolute Gasteiger partial charge is 0.211 e. The fraction of sp³-hybridized carbons (Fsp3) is 0.143. The third kappa shape index (κ3) is 2.12. The Labute approximate surface area is 69.8 Å². The molecule has 0 aliphatic heterocycles. The van der Waals surface area contributed by atoms with Crippen LogP contribution in [0.1, 0.15) is 12.7 Å². The Morgan fingerprint density at radius 3 is 2.67 bits per heavy atom. The van der Waals surface area contributed by atoms with Crippen molar-refractivity contribution in [3.05, 3.63) is 24.2 Å². The third-order valence-electron chi connectivity index (χ3n) is 1.19. The van der Waals surface area contributed by atoms with Crippen LogP contribution in [-0.4, -0.2) is 11.7 Å². The Hall–Kier alpha value is -1.78. The molecule has 0 atom stereocenters. The van der Waals surface area contributed by atoms with Gasteiger partial charge in [-0.15, -0.1) is 10.2 Å². The molecule has 1 aromatic heterocycles. The van der Waals surface area contributed by atoms with Crippen molar-refractivity contribution in [1.29, 1.82) is 0 Å². The summed E-state index contributed by atoms with van der Waals surface area (Å²) in [6.07, 6.45) is 1.56. The molecular formula is C7H10N4O. The SMILES string of the molecule is CC(=NN=C(N)N)c1ccco1. The molecule has 0 unspecified atom stereocenters. The minimum absolute atomic E-state index is 0.0686. The Kier molecular flexibility index (Phi) is 2.47. The van der Waals surface area contributed by atoms with E-state index >= 15 is 0 Å². The van der Waals surface area contributed by atoms with Crippen LogP contribution in [0.4, 0.5) is 0 Å². The van der Waals surface area contributed by atoms with Crippen LogP contribution in [0.5, 0.6) is 0 Å². The third-order valence-corrected chi connectivity index (χ3v) is 1.19. The molecule has 0 saturated carbocycles. The van der Waals surface area contributed by atoms with E-state index in [0.717, 1.165) is 0 Å². The largest absolute Gasteiger partial charge is 0.463 e. The molecular weight excluding hydrogens is 156 g/mol. The summed E-state index contributed by atoms with van der Waals surface area (Å²) in [6, 6.07) is 3.55. The van der Waals surface area contributed by atoms with Crippen molar-refractivity contribution < 1.29 is 4.42 Å². The van der Waals surface area contributed by atoms with E-state index in [4.69, 9.17) is 15.9 Å². The zero-order valence-corrected chi connectivity index (χ0v) is 6.69. The maximum Gasteiger partial charge on any atom is 0.211 e. The standard InChI is InChI=1S/C7H10N4O/c1-5(10-11-7(8)9)6-3-2-4-12-6/h2-4H,1H3,(H4,8,9,11). The normalized spacial score (nSPS) is 11.2. The molecule has 0 spiro atoms. The first-order valence-corrected chi connectivity index (χ1v) is 3.37. The highest BCUT2D eigenvalue weighted by atomic mass is 16.3. The van der Waals surface area contributed by atoms with E-state index in [1.807, 2.05) is 0 Å². The fourth-order valence-corrected chi connectivity index (χ4v) is 0.666. The fourth-order valence-electron chi connectivity index (χ4n) is 0.666. The first-order chi connectivity index (χ1) is 5.70. The summed E-state index contributed by atoms with van der Waals surface area (Å²) in [5.74, 6) is 0.584. The average molecular weight is 166 g/mol. The summed E-state index contributed by atoms with van der Waals surface area (Å²) in [6.45, 7) is 1.76. The summed E-state index contributed by atoms with van der Waals surface area (Å²) in [5.41, 5.74) is 10.8. The first-order valence-electron chi connectivity index (χ1n) is 3.37. The molecule has 0 fully saturated rings. The molecule has 0 aliphatic rings. The van der Waals surface area contributed by atoms with Gasteiger partial charge in [0.15, 0.2) is 0 Å². The van der Waals surface area contributed by atoms with Gasteiger partial charge in [-0.05, 0) is 19.1 Å². The highest BCUT2D eigenvalue weighted by Crippen LogP contribution is 2.01. The summed E-state index contributed by atoms with van der Waals surface area (Å²) in [4.78, 5) is 0. The van der Waals surface area contributed by atoms with Gasteiger partial charge in [0, 0.05) is 0 Å². The molecule has 4 N–H and O–H groups in total. The predicted octanol–water partition coefficient (Wildman–Crippen LogP) is 0.277. The van der Waals surface area contributed by atoms with Gasteiger partial charge >= 0.3 is 0 Å². The maximum absolute atomic E-state index is 5.08. The van der Waals surface area contributed by atoms with Crippen LogP contribution in [0, 0.1) is 0 Å². The molecule has 0 radical (unpaired) electrons. The number of hydrogen-bond donors (Lipinski definition) is 2. The van der Waals surface area contributed by atoms with Crippen molar-refractivity contribution in [2.24, 2.45) is 21.7 Å². The van der Waals surface area contributed by atoms with E-state index in [0.29, 0.717) is 11.5 Å². The maximum atomic E-state index is 5.08. The molecule has 5 nitrogen and oxygen atoms in total. The minimum atomic E-state index is -0.0686. The van der Waals surface area contributed by atoms with Gasteiger partial charge in [-0.1, -0.05) is 0 Å². The second kappa shape index (κ2) is 3.56. The Balaban J connectivity index is 2.78. The van der Waals surface area contributed by atoms with Crippen molar-refractivity contribution in [3.63, 3.8) is 0 Å². The highest BCUT2D eigenvalue weighted by molar-refractivity contribution is 5.96. The molecule has 0 saturated heterocycles. The van der Waals surface area contributed by atoms with Gasteiger partial charge in [0.05, 0.1) is 6.26 Å². The van der Waals surface area contributed by atoms with Gasteiger partial charge < -0.3 is 15.9 Å². The monoisotopic (exact) mass is 166 g/mol. The molecule has 0 bridgehead atoms. The lowest BCUT2D eigenvalue weighted by molar-refractivity contribution is 0.557. The molecule has 0 amide bonds. The van der Waals surface area contributed by atoms with Crippen LogP contribution in [0.25, 0.3) is 0 Å². The van der Waals surface area contributed by atoms with E-state index in [9.17, 15) is 0 Å². The van der Waals surface area contributed by atoms with Crippen molar-refractivity contribution in [3.8, 4) is 0 Å². The molecule has 1 heterocycles. The first kappa shape index (κ1) is 8.32. The summed E-state index contributed by atoms with van der Waals surface area (Å²) >= 11 is 0. The lowest BCUT2D eigenvalue weighted by atomic mass is 10.3. The summed E-state index contributed by atoms with van der Waals surface area (Å²) in [5, 5.41) is 7.21. The lowest BCUT2D eigenvalue weighted by Crippen LogP contribution is -2.22. The molecule has 5 heteroatoms. The Bertz CT molecular complexity index is 295. The Morgan fingerprint density at radius 1 is 1.42 bits per heavy atom. The van der Waals surface area contributed by atoms with Gasteiger partial charge in [0.1, 0.15) is 11.5 Å². The van der Waals surface area contributed by atoms with Gasteiger partial charge in [-0.2, -0.15) is 0 Å². The Morgan fingerprint density at radius 2 is 2.17 bits per heavy atom. The quantitative estimate of drug-likeness (QED) is 0.375. The minimum Gasteiger partial charge on any atom is -0.463 e. The molecule has 12 heavy (non-hydrogen) atoms. The van der Waals surface area contributed by atoms with E-state index in [2.05, 4.69) is 10.2 Å². The second-order valence-electron chi connectivity index (χ2n) is 2.19. The molecule has 0 aromatic carbocycles. The van der Waals surface area contributed by atoms with Gasteiger partial charge in [-0.3, -0.25) is 0 Å². The number of rotatable bonds is 2. The van der Waals surface area contributed by atoms with Gasteiger partial charge in [-0.25, -0.2) is 0 Å². The summed E-state index contributed by atoms with van der Waals surface area (Å²) < 4.78 is 5.05. The van der Waals surface area contributed by atoms with Crippen LogP contribution in [0.3, 0.4) is 0 Å². The van der Waals surface area contributed by atoms with Crippen LogP contribution in [0.15, 0.2) is 33.0 Å². The molecule has 0 aliphatic carbocycles. The van der Waals surface area contributed by atoms with E-state index in [1.54, 1.807) is 25.3 Å². The van der Waals surface area contributed by atoms with Crippen LogP contribution in [0.2, 0.25) is 0 Å². The number of hydrogen-bond acceptors (Lipinski definition) is 3. The zero-order valence-electron chi connectivity index (χ0n) is 6.69. The second-order valence-corrected chi connectivity index (χ2v) is 2.19. The molecule has 1 aromatic rings. The van der Waals surface area contributed by atoms with Gasteiger partial charge in [0.2, 0.25) is 5.96 Å². The van der Waals surface area contributed by atoms with E-state index in [-0.39, 0.29) is 5.96 Å². The van der Waals surface area contributed by atoms with Crippen LogP contribution >= 0.6 is 0 Å². The zero-order chi connectivity index (χ0) is 8.97. The van der Waals surface area contributed by atoms with Crippen molar-refractivity contribution in [2.75, 3.05) is 0 Å². The van der Waals surface area contributed by atoms with Crippen LogP contribution in [-0.2, 0) is 0 Å². The van der Waals surface area contributed by atoms with E-state index in [1.165, 1.54) is 0 Å². The molecule has 64 valence electrons.